The van der Waals surface area contributed by atoms with Gasteiger partial charge in [-0.1, -0.05) is 36.4 Å². The van der Waals surface area contributed by atoms with Crippen molar-refractivity contribution in [1.82, 2.24) is 9.97 Å². The number of nitrogens with zero attached hydrogens (tertiary/aromatic N) is 3. The number of benzene rings is 2. The predicted octanol–water partition coefficient (Wildman–Crippen LogP) is 3.01. The van der Waals surface area contributed by atoms with Gasteiger partial charge in [-0.05, 0) is 23.3 Å². The first-order valence-electron chi connectivity index (χ1n) is 8.42. The summed E-state index contributed by atoms with van der Waals surface area (Å²) in [7, 11) is 0. The third kappa shape index (κ3) is 3.92. The van der Waals surface area contributed by atoms with E-state index in [4.69, 9.17) is 10.8 Å². The minimum atomic E-state index is -0.343. The Morgan fingerprint density at radius 1 is 1.04 bits per heavy atom. The van der Waals surface area contributed by atoms with Gasteiger partial charge >= 0.3 is 0 Å². The summed E-state index contributed by atoms with van der Waals surface area (Å²) in [5.74, 6) is 0.364. The lowest BCUT2D eigenvalue weighted by atomic mass is 10.0. The molecule has 26 heavy (non-hydrogen) atoms. The summed E-state index contributed by atoms with van der Waals surface area (Å²) < 4.78 is 0. The van der Waals surface area contributed by atoms with Crippen molar-refractivity contribution in [3.8, 4) is 0 Å². The van der Waals surface area contributed by atoms with Crippen LogP contribution in [0.3, 0.4) is 0 Å². The van der Waals surface area contributed by atoms with E-state index < -0.39 is 0 Å². The van der Waals surface area contributed by atoms with Crippen LogP contribution in [-0.2, 0) is 6.54 Å². The molecule has 0 saturated heterocycles. The van der Waals surface area contributed by atoms with Crippen LogP contribution in [0.2, 0.25) is 0 Å². The Morgan fingerprint density at radius 2 is 1.81 bits per heavy atom. The standard InChI is InChI=1S/C20H21N5O/c21-11-17(12-22)16-6-7-18-19(10-16)23-13-20(24-18)25(8-9-26)14-15-4-2-1-3-5-15/h1-7,10-13,17,21-22,26H,8-9,14H2. The van der Waals surface area contributed by atoms with Crippen molar-refractivity contribution in [3.05, 3.63) is 65.9 Å². The van der Waals surface area contributed by atoms with Gasteiger partial charge in [0.1, 0.15) is 5.82 Å². The van der Waals surface area contributed by atoms with Gasteiger partial charge in [0, 0.05) is 25.5 Å². The van der Waals surface area contributed by atoms with Crippen molar-refractivity contribution in [2.24, 2.45) is 0 Å². The minimum Gasteiger partial charge on any atom is -0.395 e. The zero-order chi connectivity index (χ0) is 18.4. The third-order valence-electron chi connectivity index (χ3n) is 4.21. The second kappa shape index (κ2) is 8.31. The van der Waals surface area contributed by atoms with E-state index in [0.717, 1.165) is 22.2 Å². The number of anilines is 1. The number of nitrogens with one attached hydrogen (secondary N) is 2. The maximum Gasteiger partial charge on any atom is 0.148 e. The van der Waals surface area contributed by atoms with Gasteiger partial charge in [-0.25, -0.2) is 4.98 Å². The Hall–Kier alpha value is -3.12. The van der Waals surface area contributed by atoms with Crippen molar-refractivity contribution in [1.29, 1.82) is 10.8 Å². The van der Waals surface area contributed by atoms with Crippen molar-refractivity contribution >= 4 is 29.3 Å². The van der Waals surface area contributed by atoms with Crippen LogP contribution in [0.5, 0.6) is 0 Å². The average molecular weight is 347 g/mol. The van der Waals surface area contributed by atoms with E-state index in [2.05, 4.69) is 9.97 Å². The molecule has 0 aliphatic heterocycles. The van der Waals surface area contributed by atoms with Gasteiger partial charge in [0.2, 0.25) is 0 Å². The largest absolute Gasteiger partial charge is 0.395 e. The van der Waals surface area contributed by atoms with Crippen molar-refractivity contribution < 1.29 is 5.11 Å². The van der Waals surface area contributed by atoms with E-state index in [1.807, 2.05) is 53.4 Å². The minimum absolute atomic E-state index is 0.0336. The molecule has 0 aliphatic rings. The van der Waals surface area contributed by atoms with Gasteiger partial charge < -0.3 is 20.8 Å². The molecule has 0 fully saturated rings. The van der Waals surface area contributed by atoms with Crippen molar-refractivity contribution in [3.63, 3.8) is 0 Å². The summed E-state index contributed by atoms with van der Waals surface area (Å²) in [4.78, 5) is 11.2. The fraction of sp³-hybridized carbons (Fsp3) is 0.200. The molecule has 0 spiro atoms. The van der Waals surface area contributed by atoms with Crippen LogP contribution < -0.4 is 4.90 Å². The first-order chi connectivity index (χ1) is 12.7. The molecule has 3 aromatic rings. The number of aliphatic hydroxyl groups is 1. The molecule has 6 nitrogen and oxygen atoms in total. The Bertz CT molecular complexity index is 889. The lowest BCUT2D eigenvalue weighted by Gasteiger charge is -2.23. The highest BCUT2D eigenvalue weighted by Gasteiger charge is 2.12. The summed E-state index contributed by atoms with van der Waals surface area (Å²) in [6.07, 6.45) is 4.17. The van der Waals surface area contributed by atoms with Gasteiger partial charge in [-0.3, -0.25) is 4.98 Å². The Labute approximate surface area is 152 Å². The Kier molecular flexibility index (Phi) is 5.66. The molecule has 1 heterocycles. The summed E-state index contributed by atoms with van der Waals surface area (Å²) in [6.45, 7) is 1.14. The van der Waals surface area contributed by atoms with Gasteiger partial charge in [0.25, 0.3) is 0 Å². The molecule has 132 valence electrons. The van der Waals surface area contributed by atoms with Gasteiger partial charge in [0.05, 0.1) is 29.8 Å². The molecule has 3 N–H and O–H groups in total. The van der Waals surface area contributed by atoms with E-state index >= 15 is 0 Å². The highest BCUT2D eigenvalue weighted by molar-refractivity contribution is 5.89. The molecule has 0 aliphatic carbocycles. The molecule has 0 bridgehead atoms. The molecule has 0 unspecified atom stereocenters. The van der Waals surface area contributed by atoms with E-state index in [9.17, 15) is 5.11 Å². The van der Waals surface area contributed by atoms with Crippen LogP contribution in [-0.4, -0.2) is 40.7 Å². The molecular weight excluding hydrogens is 326 g/mol. The second-order valence-electron chi connectivity index (χ2n) is 5.97. The maximum atomic E-state index is 9.41. The molecule has 2 aromatic carbocycles. The molecule has 6 heteroatoms. The van der Waals surface area contributed by atoms with Gasteiger partial charge in [-0.15, -0.1) is 0 Å². The maximum absolute atomic E-state index is 9.41. The zero-order valence-electron chi connectivity index (χ0n) is 14.3. The molecule has 3 rings (SSSR count). The molecule has 1 aromatic heterocycles. The first kappa shape index (κ1) is 17.7. The molecule has 0 amide bonds. The van der Waals surface area contributed by atoms with Crippen LogP contribution >= 0.6 is 0 Å². The average Bonchev–Trinajstić information content (AvgIpc) is 2.69. The van der Waals surface area contributed by atoms with E-state index in [0.29, 0.717) is 18.9 Å². The number of hydrogen-bond acceptors (Lipinski definition) is 6. The fourth-order valence-corrected chi connectivity index (χ4v) is 2.82. The molecule has 0 atom stereocenters. The highest BCUT2D eigenvalue weighted by atomic mass is 16.3. The number of aliphatic hydroxyl groups excluding tert-OH is 1. The van der Waals surface area contributed by atoms with Crippen molar-refractivity contribution in [2.45, 2.75) is 12.5 Å². The molecular formula is C20H21N5O. The summed E-state index contributed by atoms with van der Waals surface area (Å²) in [5.41, 5.74) is 3.46. The number of fused-ring (bicyclic) bond motifs is 1. The summed E-state index contributed by atoms with van der Waals surface area (Å²) >= 11 is 0. The lowest BCUT2D eigenvalue weighted by Crippen LogP contribution is -2.27. The smallest absolute Gasteiger partial charge is 0.148 e. The SMILES string of the molecule is N=CC(C=N)c1ccc2nc(N(CCO)Cc3ccccc3)cnc2c1. The second-order valence-corrected chi connectivity index (χ2v) is 5.97. The van der Waals surface area contributed by atoms with E-state index in [-0.39, 0.29) is 12.5 Å². The van der Waals surface area contributed by atoms with Gasteiger partial charge in [0.15, 0.2) is 0 Å². The summed E-state index contributed by atoms with van der Waals surface area (Å²) in [5, 5.41) is 24.2. The third-order valence-corrected chi connectivity index (χ3v) is 4.21. The van der Waals surface area contributed by atoms with Crippen LogP contribution in [0.25, 0.3) is 11.0 Å². The Balaban J connectivity index is 1.91. The monoisotopic (exact) mass is 347 g/mol. The summed E-state index contributed by atoms with van der Waals surface area (Å²) in [6, 6.07) is 15.6. The van der Waals surface area contributed by atoms with Gasteiger partial charge in [-0.2, -0.15) is 0 Å². The number of hydrogen-bond donors (Lipinski definition) is 3. The van der Waals surface area contributed by atoms with Crippen molar-refractivity contribution in [2.75, 3.05) is 18.1 Å². The van der Waals surface area contributed by atoms with E-state index in [1.54, 1.807) is 6.20 Å². The first-order valence-corrected chi connectivity index (χ1v) is 8.42. The van der Waals surface area contributed by atoms with Crippen LogP contribution in [0.1, 0.15) is 17.0 Å². The lowest BCUT2D eigenvalue weighted by molar-refractivity contribution is 0.301. The van der Waals surface area contributed by atoms with Crippen LogP contribution in [0.4, 0.5) is 5.82 Å². The topological polar surface area (TPSA) is 97.0 Å². The highest BCUT2D eigenvalue weighted by Crippen LogP contribution is 2.21. The number of aromatic nitrogens is 2. The predicted molar refractivity (Wildman–Crippen MR) is 104 cm³/mol. The normalized spacial score (nSPS) is 11.9. The zero-order valence-corrected chi connectivity index (χ0v) is 14.3. The molecule has 0 radical (unpaired) electrons. The quantitative estimate of drug-likeness (QED) is 0.546. The molecule has 0 saturated carbocycles. The van der Waals surface area contributed by atoms with Crippen LogP contribution in [0.15, 0.2) is 54.7 Å². The fourth-order valence-electron chi connectivity index (χ4n) is 2.82. The van der Waals surface area contributed by atoms with Crippen LogP contribution in [0, 0.1) is 10.8 Å². The number of rotatable bonds is 8. The Morgan fingerprint density at radius 3 is 2.50 bits per heavy atom. The van der Waals surface area contributed by atoms with E-state index in [1.165, 1.54) is 12.4 Å².